The zero-order valence-corrected chi connectivity index (χ0v) is 6.02. The lowest BCUT2D eigenvalue weighted by Gasteiger charge is -2.16. The van der Waals surface area contributed by atoms with Crippen molar-refractivity contribution in [1.29, 1.82) is 0 Å². The van der Waals surface area contributed by atoms with E-state index in [-0.39, 0.29) is 12.1 Å². The van der Waals surface area contributed by atoms with Crippen molar-refractivity contribution < 1.29 is 9.13 Å². The first-order chi connectivity index (χ1) is 4.74. The number of allylic oxidation sites excluding steroid dienone is 2. The minimum absolute atomic E-state index is 0.217. The molecule has 0 bridgehead atoms. The third-order valence-electron chi connectivity index (χ3n) is 1.39. The highest BCUT2D eigenvalue weighted by atomic mass is 19.1. The largest absolute Gasteiger partial charge is 0.363 e. The zero-order chi connectivity index (χ0) is 7.56. The van der Waals surface area contributed by atoms with E-state index < -0.39 is 0 Å². The van der Waals surface area contributed by atoms with Crippen LogP contribution in [0.25, 0.3) is 0 Å². The van der Waals surface area contributed by atoms with Gasteiger partial charge in [-0.25, -0.2) is 4.39 Å². The van der Waals surface area contributed by atoms with Crippen LogP contribution in [-0.2, 0) is 4.74 Å². The summed E-state index contributed by atoms with van der Waals surface area (Å²) in [5, 5.41) is 2.85. The Kier molecular flexibility index (Phi) is 2.06. The molecule has 0 fully saturated rings. The van der Waals surface area contributed by atoms with Crippen molar-refractivity contribution in [3.05, 3.63) is 23.7 Å². The number of hydrogen-bond acceptors (Lipinski definition) is 2. The molecule has 1 rings (SSSR count). The standard InChI is InChI=1S/C7H10FNO/c1-5-4-9-7(10-2)3-6(5)8/h3-4,7,9H,1-2H3. The fourth-order valence-electron chi connectivity index (χ4n) is 0.725. The summed E-state index contributed by atoms with van der Waals surface area (Å²) in [6, 6.07) is 0. The molecule has 1 aliphatic rings. The van der Waals surface area contributed by atoms with Gasteiger partial charge in [0.2, 0.25) is 0 Å². The minimum atomic E-state index is -0.316. The molecule has 0 spiro atoms. The Morgan fingerprint density at radius 2 is 2.40 bits per heavy atom. The molecule has 0 saturated carbocycles. The van der Waals surface area contributed by atoms with E-state index in [4.69, 9.17) is 4.74 Å². The highest BCUT2D eigenvalue weighted by molar-refractivity contribution is 5.26. The second-order valence-electron chi connectivity index (χ2n) is 2.16. The van der Waals surface area contributed by atoms with Gasteiger partial charge in [-0.3, -0.25) is 0 Å². The van der Waals surface area contributed by atoms with Crippen LogP contribution in [0.1, 0.15) is 6.92 Å². The molecule has 1 aliphatic heterocycles. The van der Waals surface area contributed by atoms with Gasteiger partial charge in [-0.05, 0) is 6.92 Å². The van der Waals surface area contributed by atoms with Crippen molar-refractivity contribution in [1.82, 2.24) is 5.32 Å². The molecule has 0 saturated heterocycles. The first-order valence-corrected chi connectivity index (χ1v) is 3.07. The maximum Gasteiger partial charge on any atom is 0.149 e. The third-order valence-corrected chi connectivity index (χ3v) is 1.39. The summed E-state index contributed by atoms with van der Waals surface area (Å²) in [7, 11) is 1.52. The average Bonchev–Trinajstić information content (AvgIpc) is 1.95. The number of rotatable bonds is 1. The van der Waals surface area contributed by atoms with Crippen LogP contribution in [0.5, 0.6) is 0 Å². The molecule has 0 aliphatic carbocycles. The van der Waals surface area contributed by atoms with Gasteiger partial charge < -0.3 is 10.1 Å². The summed E-state index contributed by atoms with van der Waals surface area (Å²) in [6.07, 6.45) is 2.68. The topological polar surface area (TPSA) is 21.3 Å². The van der Waals surface area contributed by atoms with Crippen molar-refractivity contribution in [2.24, 2.45) is 0 Å². The number of ether oxygens (including phenoxy) is 1. The summed E-state index contributed by atoms with van der Waals surface area (Å²) < 4.78 is 17.5. The van der Waals surface area contributed by atoms with Crippen LogP contribution >= 0.6 is 0 Å². The molecule has 1 heterocycles. The van der Waals surface area contributed by atoms with Crippen molar-refractivity contribution in [2.75, 3.05) is 7.11 Å². The van der Waals surface area contributed by atoms with Gasteiger partial charge in [-0.1, -0.05) is 0 Å². The van der Waals surface area contributed by atoms with Gasteiger partial charge >= 0.3 is 0 Å². The predicted molar refractivity (Wildman–Crippen MR) is 36.9 cm³/mol. The Labute approximate surface area is 59.4 Å². The van der Waals surface area contributed by atoms with Gasteiger partial charge in [0.05, 0.1) is 0 Å². The van der Waals surface area contributed by atoms with Crippen molar-refractivity contribution in [2.45, 2.75) is 13.2 Å². The second kappa shape index (κ2) is 2.84. The Hall–Kier alpha value is -0.830. The molecular formula is C7H10FNO. The molecular weight excluding hydrogens is 133 g/mol. The van der Waals surface area contributed by atoms with E-state index in [2.05, 4.69) is 5.32 Å². The molecule has 1 unspecified atom stereocenters. The Balaban J connectivity index is 2.66. The second-order valence-corrected chi connectivity index (χ2v) is 2.16. The normalized spacial score (nSPS) is 24.9. The molecule has 0 aromatic heterocycles. The summed E-state index contributed by atoms with van der Waals surface area (Å²) in [4.78, 5) is 0. The van der Waals surface area contributed by atoms with Gasteiger partial charge in [-0.15, -0.1) is 0 Å². The van der Waals surface area contributed by atoms with Crippen LogP contribution in [0, 0.1) is 0 Å². The van der Waals surface area contributed by atoms with Crippen LogP contribution in [0.4, 0.5) is 4.39 Å². The van der Waals surface area contributed by atoms with Gasteiger partial charge in [-0.2, -0.15) is 0 Å². The lowest BCUT2D eigenvalue weighted by molar-refractivity contribution is 0.121. The third kappa shape index (κ3) is 1.36. The smallest absolute Gasteiger partial charge is 0.149 e. The van der Waals surface area contributed by atoms with Crippen LogP contribution in [0.15, 0.2) is 23.7 Å². The molecule has 10 heavy (non-hydrogen) atoms. The van der Waals surface area contributed by atoms with E-state index in [9.17, 15) is 4.39 Å². The first-order valence-electron chi connectivity index (χ1n) is 3.07. The number of hydrogen-bond donors (Lipinski definition) is 1. The monoisotopic (exact) mass is 143 g/mol. The number of dihydropyridines is 1. The van der Waals surface area contributed by atoms with E-state index in [0.717, 1.165) is 0 Å². The van der Waals surface area contributed by atoms with Gasteiger partial charge in [0.1, 0.15) is 12.1 Å². The molecule has 3 heteroatoms. The van der Waals surface area contributed by atoms with Gasteiger partial charge in [0.25, 0.3) is 0 Å². The fraction of sp³-hybridized carbons (Fsp3) is 0.429. The number of halogens is 1. The Bertz CT molecular complexity index is 186. The average molecular weight is 143 g/mol. The summed E-state index contributed by atoms with van der Waals surface area (Å²) in [5.41, 5.74) is 0.605. The predicted octanol–water partition coefficient (Wildman–Crippen LogP) is 1.32. The van der Waals surface area contributed by atoms with E-state index >= 15 is 0 Å². The van der Waals surface area contributed by atoms with Crippen LogP contribution < -0.4 is 5.32 Å². The highest BCUT2D eigenvalue weighted by Crippen LogP contribution is 2.14. The van der Waals surface area contributed by atoms with Crippen molar-refractivity contribution >= 4 is 0 Å². The SMILES string of the molecule is COC1C=C(F)C(C)=CN1. The van der Waals surface area contributed by atoms with Crippen LogP contribution in [0.2, 0.25) is 0 Å². The van der Waals surface area contributed by atoms with E-state index in [1.54, 1.807) is 13.1 Å². The Morgan fingerprint density at radius 1 is 1.70 bits per heavy atom. The van der Waals surface area contributed by atoms with Gasteiger partial charge in [0, 0.05) is 25.0 Å². The summed E-state index contributed by atoms with van der Waals surface area (Å²) >= 11 is 0. The van der Waals surface area contributed by atoms with E-state index in [1.807, 2.05) is 0 Å². The van der Waals surface area contributed by atoms with Crippen molar-refractivity contribution in [3.63, 3.8) is 0 Å². The number of nitrogens with one attached hydrogen (secondary N) is 1. The number of methoxy groups -OCH3 is 1. The van der Waals surface area contributed by atoms with Crippen molar-refractivity contribution in [3.8, 4) is 0 Å². The molecule has 2 nitrogen and oxygen atoms in total. The summed E-state index contributed by atoms with van der Waals surface area (Å²) in [6.45, 7) is 1.70. The quantitative estimate of drug-likeness (QED) is 0.597. The van der Waals surface area contributed by atoms with Crippen LogP contribution in [-0.4, -0.2) is 13.3 Å². The maximum atomic E-state index is 12.7. The van der Waals surface area contributed by atoms with Crippen LogP contribution in [0.3, 0.4) is 0 Å². The lowest BCUT2D eigenvalue weighted by atomic mass is 10.2. The molecule has 0 aromatic carbocycles. The zero-order valence-electron chi connectivity index (χ0n) is 6.02. The highest BCUT2D eigenvalue weighted by Gasteiger charge is 2.09. The first kappa shape index (κ1) is 7.28. The molecule has 56 valence electrons. The van der Waals surface area contributed by atoms with Gasteiger partial charge in [0.15, 0.2) is 0 Å². The molecule has 0 radical (unpaired) electrons. The van der Waals surface area contributed by atoms with E-state index in [1.165, 1.54) is 13.2 Å². The van der Waals surface area contributed by atoms with E-state index in [0.29, 0.717) is 5.57 Å². The fourth-order valence-corrected chi connectivity index (χ4v) is 0.725. The Morgan fingerprint density at radius 3 is 2.90 bits per heavy atom. The maximum absolute atomic E-state index is 12.7. The molecule has 0 amide bonds. The molecule has 0 aromatic rings. The summed E-state index contributed by atoms with van der Waals surface area (Å²) in [5.74, 6) is -0.217. The lowest BCUT2D eigenvalue weighted by Crippen LogP contribution is -2.27. The molecule has 1 N–H and O–H groups in total. The molecule has 1 atom stereocenters. The minimum Gasteiger partial charge on any atom is -0.363 e.